The monoisotopic (exact) mass is 286 g/mol. The van der Waals surface area contributed by atoms with Crippen molar-refractivity contribution in [2.45, 2.75) is 32.2 Å². The van der Waals surface area contributed by atoms with Gasteiger partial charge in [-0.1, -0.05) is 13.3 Å². The van der Waals surface area contributed by atoms with Crippen molar-refractivity contribution in [1.29, 1.82) is 0 Å². The van der Waals surface area contributed by atoms with E-state index in [1.54, 1.807) is 6.07 Å². The Morgan fingerprint density at radius 2 is 2.31 bits per heavy atom. The molecule has 16 heavy (non-hydrogen) atoms. The zero-order chi connectivity index (χ0) is 11.7. The Labute approximate surface area is 104 Å². The molecule has 4 heteroatoms. The van der Waals surface area contributed by atoms with E-state index < -0.39 is 0 Å². The van der Waals surface area contributed by atoms with Crippen LogP contribution in [0.25, 0.3) is 0 Å². The third-order valence-corrected chi connectivity index (χ3v) is 3.62. The summed E-state index contributed by atoms with van der Waals surface area (Å²) in [7, 11) is 0. The van der Waals surface area contributed by atoms with Gasteiger partial charge in [0.25, 0.3) is 0 Å². The number of nitrogens with one attached hydrogen (secondary N) is 1. The Balaban J connectivity index is 2.03. The van der Waals surface area contributed by atoms with Gasteiger partial charge in [0.05, 0.1) is 15.8 Å². The zero-order valence-corrected chi connectivity index (χ0v) is 10.8. The normalized spacial score (nSPS) is 23.2. The number of hydrogen-bond acceptors (Lipinski definition) is 2. The van der Waals surface area contributed by atoms with Gasteiger partial charge in [-0.15, -0.1) is 0 Å². The number of hydrogen-bond donors (Lipinski definition) is 2. The molecule has 1 aliphatic rings. The van der Waals surface area contributed by atoms with Gasteiger partial charge in [0, 0.05) is 12.1 Å². The number of anilines is 2. The highest BCUT2D eigenvalue weighted by Crippen LogP contribution is 2.39. The van der Waals surface area contributed by atoms with Crippen molar-refractivity contribution in [1.82, 2.24) is 0 Å². The molecule has 0 radical (unpaired) electrons. The van der Waals surface area contributed by atoms with Crippen molar-refractivity contribution in [3.8, 4) is 0 Å². The summed E-state index contributed by atoms with van der Waals surface area (Å²) in [6.45, 7) is 2.19. The number of benzene rings is 1. The number of halogens is 2. The third kappa shape index (κ3) is 2.48. The van der Waals surface area contributed by atoms with Gasteiger partial charge in [-0.25, -0.2) is 4.39 Å². The van der Waals surface area contributed by atoms with Crippen LogP contribution in [0.2, 0.25) is 0 Å². The molecule has 1 aliphatic carbocycles. The van der Waals surface area contributed by atoms with E-state index >= 15 is 0 Å². The Kier molecular flexibility index (Phi) is 3.38. The van der Waals surface area contributed by atoms with Crippen LogP contribution in [0.4, 0.5) is 15.8 Å². The fraction of sp³-hybridized carbons (Fsp3) is 0.500. The molecule has 0 bridgehead atoms. The van der Waals surface area contributed by atoms with Crippen LogP contribution in [0, 0.1) is 11.7 Å². The van der Waals surface area contributed by atoms with Crippen molar-refractivity contribution in [3.63, 3.8) is 0 Å². The topological polar surface area (TPSA) is 38.0 Å². The van der Waals surface area contributed by atoms with E-state index in [1.807, 2.05) is 0 Å². The van der Waals surface area contributed by atoms with Gasteiger partial charge in [0.2, 0.25) is 0 Å². The van der Waals surface area contributed by atoms with Crippen LogP contribution in [0.15, 0.2) is 16.6 Å². The summed E-state index contributed by atoms with van der Waals surface area (Å²) in [6, 6.07) is 3.58. The summed E-state index contributed by atoms with van der Waals surface area (Å²) in [5.41, 5.74) is 7.07. The molecule has 0 spiro atoms. The molecule has 0 aromatic heterocycles. The molecule has 1 fully saturated rings. The molecule has 0 aliphatic heterocycles. The predicted octanol–water partition coefficient (Wildman–Crippen LogP) is 3.77. The second kappa shape index (κ2) is 4.62. The maximum atomic E-state index is 13.2. The maximum absolute atomic E-state index is 13.2. The molecule has 1 aromatic carbocycles. The summed E-state index contributed by atoms with van der Waals surface area (Å²) in [6.07, 6.45) is 3.66. The highest BCUT2D eigenvalue weighted by molar-refractivity contribution is 9.10. The average molecular weight is 287 g/mol. The number of nitrogens with two attached hydrogens (primary N) is 1. The highest BCUT2D eigenvalue weighted by atomic mass is 79.9. The second-order valence-corrected chi connectivity index (χ2v) is 5.24. The molecule has 0 amide bonds. The molecule has 2 unspecified atom stereocenters. The van der Waals surface area contributed by atoms with Crippen molar-refractivity contribution < 1.29 is 4.39 Å². The molecule has 88 valence electrons. The first-order valence-electron chi connectivity index (χ1n) is 5.63. The van der Waals surface area contributed by atoms with Crippen LogP contribution in [0.5, 0.6) is 0 Å². The van der Waals surface area contributed by atoms with E-state index in [1.165, 1.54) is 25.3 Å². The average Bonchev–Trinajstić information content (AvgIpc) is 2.94. The largest absolute Gasteiger partial charge is 0.397 e. The predicted molar refractivity (Wildman–Crippen MR) is 68.9 cm³/mol. The summed E-state index contributed by atoms with van der Waals surface area (Å²) < 4.78 is 13.6. The fourth-order valence-corrected chi connectivity index (χ4v) is 2.34. The Morgan fingerprint density at radius 1 is 1.56 bits per heavy atom. The summed E-state index contributed by atoms with van der Waals surface area (Å²) in [4.78, 5) is 0. The van der Waals surface area contributed by atoms with Gasteiger partial charge < -0.3 is 11.1 Å². The smallest absolute Gasteiger partial charge is 0.139 e. The van der Waals surface area contributed by atoms with Crippen molar-refractivity contribution in [3.05, 3.63) is 22.4 Å². The van der Waals surface area contributed by atoms with Gasteiger partial charge in [-0.05, 0) is 40.8 Å². The molecule has 0 saturated heterocycles. The lowest BCUT2D eigenvalue weighted by atomic mass is 10.2. The van der Waals surface area contributed by atoms with Crippen molar-refractivity contribution in [2.24, 2.45) is 5.92 Å². The molecule has 1 saturated carbocycles. The number of rotatable bonds is 4. The minimum Gasteiger partial charge on any atom is -0.397 e. The first kappa shape index (κ1) is 11.7. The lowest BCUT2D eigenvalue weighted by molar-refractivity contribution is 0.622. The summed E-state index contributed by atoms with van der Waals surface area (Å²) >= 11 is 3.17. The van der Waals surface area contributed by atoms with Gasteiger partial charge in [-0.2, -0.15) is 0 Å². The van der Waals surface area contributed by atoms with Gasteiger partial charge in [-0.3, -0.25) is 0 Å². The standard InChI is InChI=1S/C12H16BrFN2/c1-2-3-7-4-11(7)16-12-5-8(13)9(14)6-10(12)15/h5-7,11,16H,2-4,15H2,1H3. The molecular weight excluding hydrogens is 271 g/mol. The van der Waals surface area contributed by atoms with E-state index in [9.17, 15) is 4.39 Å². The molecular formula is C12H16BrFN2. The Bertz CT molecular complexity index is 395. The summed E-state index contributed by atoms with van der Waals surface area (Å²) in [5.74, 6) is 0.442. The lowest BCUT2D eigenvalue weighted by Crippen LogP contribution is -2.07. The van der Waals surface area contributed by atoms with Crippen molar-refractivity contribution >= 4 is 27.3 Å². The Morgan fingerprint density at radius 3 is 3.00 bits per heavy atom. The molecule has 0 heterocycles. The molecule has 1 aromatic rings. The van der Waals surface area contributed by atoms with Crippen LogP contribution >= 0.6 is 15.9 Å². The van der Waals surface area contributed by atoms with Gasteiger partial charge in [0.15, 0.2) is 0 Å². The molecule has 2 nitrogen and oxygen atoms in total. The number of nitrogen functional groups attached to an aromatic ring is 1. The first-order chi connectivity index (χ1) is 7.61. The summed E-state index contributed by atoms with van der Waals surface area (Å²) in [5, 5.41) is 3.37. The quantitative estimate of drug-likeness (QED) is 0.827. The van der Waals surface area contributed by atoms with E-state index in [0.29, 0.717) is 16.2 Å². The minimum atomic E-state index is -0.316. The Hall–Kier alpha value is -0.770. The zero-order valence-electron chi connectivity index (χ0n) is 9.26. The van der Waals surface area contributed by atoms with E-state index in [0.717, 1.165) is 11.6 Å². The van der Waals surface area contributed by atoms with Crippen LogP contribution in [0.3, 0.4) is 0 Å². The minimum absolute atomic E-state index is 0.316. The SMILES string of the molecule is CCCC1CC1Nc1cc(Br)c(F)cc1N. The van der Waals surface area contributed by atoms with Crippen molar-refractivity contribution in [2.75, 3.05) is 11.1 Å². The molecule has 3 N–H and O–H groups in total. The van der Waals surface area contributed by atoms with E-state index in [2.05, 4.69) is 28.2 Å². The maximum Gasteiger partial charge on any atom is 0.139 e. The van der Waals surface area contributed by atoms with Crippen LogP contribution in [-0.2, 0) is 0 Å². The molecule has 2 rings (SSSR count). The van der Waals surface area contributed by atoms with Gasteiger partial charge >= 0.3 is 0 Å². The van der Waals surface area contributed by atoms with Crippen LogP contribution in [-0.4, -0.2) is 6.04 Å². The highest BCUT2D eigenvalue weighted by Gasteiger charge is 2.36. The van der Waals surface area contributed by atoms with E-state index in [4.69, 9.17) is 5.73 Å². The second-order valence-electron chi connectivity index (χ2n) is 4.39. The van der Waals surface area contributed by atoms with Crippen LogP contribution in [0.1, 0.15) is 26.2 Å². The van der Waals surface area contributed by atoms with Gasteiger partial charge in [0.1, 0.15) is 5.82 Å². The van der Waals surface area contributed by atoms with E-state index in [-0.39, 0.29) is 5.82 Å². The first-order valence-corrected chi connectivity index (χ1v) is 6.42. The fourth-order valence-electron chi connectivity index (χ4n) is 2.00. The lowest BCUT2D eigenvalue weighted by Gasteiger charge is -2.10. The third-order valence-electron chi connectivity index (χ3n) is 3.02. The van der Waals surface area contributed by atoms with Crippen LogP contribution < -0.4 is 11.1 Å². The molecule has 2 atom stereocenters.